The molecule has 1 atom stereocenters. The van der Waals surface area contributed by atoms with Crippen molar-refractivity contribution in [2.45, 2.75) is 51.6 Å². The van der Waals surface area contributed by atoms with Crippen LogP contribution in [-0.4, -0.2) is 13.2 Å². The van der Waals surface area contributed by atoms with Crippen LogP contribution in [0.4, 0.5) is 0 Å². The van der Waals surface area contributed by atoms with Gasteiger partial charge in [-0.2, -0.15) is 0 Å². The molecule has 2 nitrogen and oxygen atoms in total. The molecule has 1 aliphatic carbocycles. The average molecular weight is 196 g/mol. The lowest BCUT2D eigenvalue weighted by molar-refractivity contribution is 0.255. The van der Waals surface area contributed by atoms with Gasteiger partial charge in [0.05, 0.1) is 6.17 Å². The summed E-state index contributed by atoms with van der Waals surface area (Å²) in [5.74, 6) is 0.789. The van der Waals surface area contributed by atoms with Crippen molar-refractivity contribution in [3.8, 4) is 0 Å². The smallest absolute Gasteiger partial charge is 0.0791 e. The number of rotatable bonds is 5. The minimum Gasteiger partial charge on any atom is -0.373 e. The number of hydrogen-bond donors (Lipinski definition) is 2. The maximum atomic E-state index is 4.00. The van der Waals surface area contributed by atoms with Gasteiger partial charge in [-0.05, 0) is 32.2 Å². The molecule has 0 aromatic heterocycles. The summed E-state index contributed by atoms with van der Waals surface area (Å²) in [6.07, 6.45) is 8.37. The lowest BCUT2D eigenvalue weighted by atomic mass is 9.87. The summed E-state index contributed by atoms with van der Waals surface area (Å²) < 4.78 is 0. The van der Waals surface area contributed by atoms with Gasteiger partial charge in [0.25, 0.3) is 0 Å². The molecular weight excluding hydrogens is 172 g/mol. The van der Waals surface area contributed by atoms with Crippen molar-refractivity contribution in [3.63, 3.8) is 0 Å². The van der Waals surface area contributed by atoms with E-state index in [1.807, 2.05) is 7.05 Å². The lowest BCUT2D eigenvalue weighted by Gasteiger charge is -2.31. The monoisotopic (exact) mass is 196 g/mol. The SMILES string of the molecule is C=C(CC)NC(NC)C1CCCCC1. The first kappa shape index (κ1) is 11.6. The zero-order valence-corrected chi connectivity index (χ0v) is 9.60. The molecule has 0 spiro atoms. The molecule has 0 aromatic rings. The second-order valence-corrected chi connectivity index (χ2v) is 4.27. The second-order valence-electron chi connectivity index (χ2n) is 4.27. The fourth-order valence-electron chi connectivity index (χ4n) is 2.22. The van der Waals surface area contributed by atoms with Crippen LogP contribution in [0.25, 0.3) is 0 Å². The van der Waals surface area contributed by atoms with Crippen LogP contribution in [0.1, 0.15) is 45.4 Å². The van der Waals surface area contributed by atoms with Crippen LogP contribution in [0.2, 0.25) is 0 Å². The fourth-order valence-corrected chi connectivity index (χ4v) is 2.22. The molecule has 0 heterocycles. The molecule has 0 aromatic carbocycles. The third-order valence-corrected chi connectivity index (χ3v) is 3.22. The Hall–Kier alpha value is -0.500. The van der Waals surface area contributed by atoms with Crippen molar-refractivity contribution in [3.05, 3.63) is 12.3 Å². The first-order valence-electron chi connectivity index (χ1n) is 5.89. The Morgan fingerprint density at radius 3 is 2.50 bits per heavy atom. The van der Waals surface area contributed by atoms with E-state index in [9.17, 15) is 0 Å². The Labute approximate surface area is 88.2 Å². The summed E-state index contributed by atoms with van der Waals surface area (Å²) >= 11 is 0. The summed E-state index contributed by atoms with van der Waals surface area (Å²) in [5, 5.41) is 6.85. The Morgan fingerprint density at radius 2 is 2.00 bits per heavy atom. The summed E-state index contributed by atoms with van der Waals surface area (Å²) in [5.41, 5.74) is 1.15. The Balaban J connectivity index is 2.39. The molecule has 0 aliphatic heterocycles. The van der Waals surface area contributed by atoms with Gasteiger partial charge in [-0.3, -0.25) is 0 Å². The second kappa shape index (κ2) is 6.07. The van der Waals surface area contributed by atoms with Gasteiger partial charge < -0.3 is 10.6 Å². The normalized spacial score (nSPS) is 20.4. The first-order chi connectivity index (χ1) is 6.77. The van der Waals surface area contributed by atoms with E-state index in [1.54, 1.807) is 0 Å². The molecule has 0 radical (unpaired) electrons. The molecule has 1 aliphatic rings. The largest absolute Gasteiger partial charge is 0.373 e. The molecule has 14 heavy (non-hydrogen) atoms. The van der Waals surface area contributed by atoms with Crippen LogP contribution in [0, 0.1) is 5.92 Å². The van der Waals surface area contributed by atoms with Crippen molar-refractivity contribution >= 4 is 0 Å². The molecule has 82 valence electrons. The van der Waals surface area contributed by atoms with E-state index in [0.717, 1.165) is 18.0 Å². The number of nitrogens with one attached hydrogen (secondary N) is 2. The molecular formula is C12H24N2. The molecule has 1 saturated carbocycles. The summed E-state index contributed by atoms with van der Waals surface area (Å²) in [6, 6.07) is 0. The zero-order valence-electron chi connectivity index (χ0n) is 9.60. The van der Waals surface area contributed by atoms with Gasteiger partial charge in [-0.25, -0.2) is 0 Å². The molecule has 2 N–H and O–H groups in total. The highest BCUT2D eigenvalue weighted by molar-refractivity contribution is 4.93. The van der Waals surface area contributed by atoms with Gasteiger partial charge in [0, 0.05) is 5.70 Å². The van der Waals surface area contributed by atoms with Crippen LogP contribution in [-0.2, 0) is 0 Å². The zero-order chi connectivity index (χ0) is 10.4. The Morgan fingerprint density at radius 1 is 1.36 bits per heavy atom. The highest BCUT2D eigenvalue weighted by Gasteiger charge is 2.21. The quantitative estimate of drug-likeness (QED) is 0.661. The minimum absolute atomic E-state index is 0.433. The highest BCUT2D eigenvalue weighted by Crippen LogP contribution is 2.25. The van der Waals surface area contributed by atoms with E-state index in [1.165, 1.54) is 32.1 Å². The topological polar surface area (TPSA) is 24.1 Å². The molecule has 0 amide bonds. The van der Waals surface area contributed by atoms with Crippen LogP contribution >= 0.6 is 0 Å². The molecule has 1 rings (SSSR count). The summed E-state index contributed by atoms with van der Waals surface area (Å²) in [7, 11) is 2.04. The van der Waals surface area contributed by atoms with E-state index >= 15 is 0 Å². The third kappa shape index (κ3) is 3.33. The van der Waals surface area contributed by atoms with Gasteiger partial charge in [-0.15, -0.1) is 0 Å². The van der Waals surface area contributed by atoms with Gasteiger partial charge in [0.15, 0.2) is 0 Å². The minimum atomic E-state index is 0.433. The van der Waals surface area contributed by atoms with Crippen molar-refractivity contribution in [2.24, 2.45) is 5.92 Å². The lowest BCUT2D eigenvalue weighted by Crippen LogP contribution is -2.45. The molecule has 0 bridgehead atoms. The standard InChI is InChI=1S/C12H24N2/c1-4-10(2)14-12(13-3)11-8-6-5-7-9-11/h11-14H,2,4-9H2,1,3H3. The maximum Gasteiger partial charge on any atom is 0.0791 e. The van der Waals surface area contributed by atoms with E-state index in [4.69, 9.17) is 0 Å². The number of hydrogen-bond acceptors (Lipinski definition) is 2. The van der Waals surface area contributed by atoms with E-state index in [2.05, 4.69) is 24.1 Å². The first-order valence-corrected chi connectivity index (χ1v) is 5.89. The van der Waals surface area contributed by atoms with Gasteiger partial charge >= 0.3 is 0 Å². The highest BCUT2D eigenvalue weighted by atomic mass is 15.1. The number of allylic oxidation sites excluding steroid dienone is 1. The Bertz CT molecular complexity index is 171. The molecule has 2 heteroatoms. The predicted octanol–water partition coefficient (Wildman–Crippen LogP) is 2.63. The molecule has 0 saturated heterocycles. The van der Waals surface area contributed by atoms with Crippen molar-refractivity contribution in [2.75, 3.05) is 7.05 Å². The van der Waals surface area contributed by atoms with Gasteiger partial charge in [0.2, 0.25) is 0 Å². The van der Waals surface area contributed by atoms with Crippen LogP contribution in [0.3, 0.4) is 0 Å². The van der Waals surface area contributed by atoms with Crippen molar-refractivity contribution in [1.29, 1.82) is 0 Å². The summed E-state index contributed by atoms with van der Waals surface area (Å²) in [6.45, 7) is 6.15. The van der Waals surface area contributed by atoms with Crippen LogP contribution < -0.4 is 10.6 Å². The average Bonchev–Trinajstić information content (AvgIpc) is 2.26. The Kier molecular flexibility index (Phi) is 5.02. The fraction of sp³-hybridized carbons (Fsp3) is 0.833. The third-order valence-electron chi connectivity index (χ3n) is 3.22. The van der Waals surface area contributed by atoms with Crippen LogP contribution in [0.5, 0.6) is 0 Å². The van der Waals surface area contributed by atoms with E-state index < -0.39 is 0 Å². The van der Waals surface area contributed by atoms with Crippen LogP contribution in [0.15, 0.2) is 12.3 Å². The molecule has 1 unspecified atom stereocenters. The van der Waals surface area contributed by atoms with Crippen molar-refractivity contribution < 1.29 is 0 Å². The van der Waals surface area contributed by atoms with Gasteiger partial charge in [0.1, 0.15) is 0 Å². The van der Waals surface area contributed by atoms with Gasteiger partial charge in [-0.1, -0.05) is 32.8 Å². The molecule has 1 fully saturated rings. The summed E-state index contributed by atoms with van der Waals surface area (Å²) in [4.78, 5) is 0. The van der Waals surface area contributed by atoms with E-state index in [-0.39, 0.29) is 0 Å². The van der Waals surface area contributed by atoms with Crippen molar-refractivity contribution in [1.82, 2.24) is 10.6 Å². The maximum absolute atomic E-state index is 4.00. The van der Waals surface area contributed by atoms with E-state index in [0.29, 0.717) is 6.17 Å². The predicted molar refractivity (Wildman–Crippen MR) is 62.0 cm³/mol.